The number of ether oxygens (including phenoxy) is 1. The second-order valence-corrected chi connectivity index (χ2v) is 6.44. The van der Waals surface area contributed by atoms with E-state index in [2.05, 4.69) is 20.6 Å². The average molecular weight is 420 g/mol. The Balaban J connectivity index is 1.60. The van der Waals surface area contributed by atoms with Crippen LogP contribution in [0.2, 0.25) is 0 Å². The molecular formula is C19H15F3N4O2S. The van der Waals surface area contributed by atoms with Crippen molar-refractivity contribution in [2.45, 2.75) is 11.3 Å². The molecule has 29 heavy (non-hydrogen) atoms. The van der Waals surface area contributed by atoms with E-state index in [1.807, 2.05) is 6.26 Å². The van der Waals surface area contributed by atoms with Crippen molar-refractivity contribution in [3.05, 3.63) is 66.4 Å². The minimum absolute atomic E-state index is 0.0330. The van der Waals surface area contributed by atoms with Crippen LogP contribution in [-0.4, -0.2) is 22.3 Å². The Morgan fingerprint density at radius 3 is 2.45 bits per heavy atom. The fourth-order valence-electron chi connectivity index (χ4n) is 2.27. The van der Waals surface area contributed by atoms with E-state index in [1.54, 1.807) is 36.5 Å². The van der Waals surface area contributed by atoms with E-state index in [4.69, 9.17) is 4.74 Å². The van der Waals surface area contributed by atoms with Crippen LogP contribution in [0.5, 0.6) is 11.6 Å². The van der Waals surface area contributed by atoms with Crippen molar-refractivity contribution in [1.29, 1.82) is 0 Å². The number of hydrogen-bond donors (Lipinski definition) is 2. The van der Waals surface area contributed by atoms with Gasteiger partial charge < -0.3 is 15.4 Å². The summed E-state index contributed by atoms with van der Waals surface area (Å²) in [5.74, 6) is 0.881. The first-order valence-corrected chi connectivity index (χ1v) is 9.46. The molecule has 2 amide bonds. The second kappa shape index (κ2) is 8.82. The molecule has 0 aliphatic carbocycles. The fourth-order valence-corrected chi connectivity index (χ4v) is 2.62. The Morgan fingerprint density at radius 1 is 1.03 bits per heavy atom. The van der Waals surface area contributed by atoms with Crippen molar-refractivity contribution in [1.82, 2.24) is 9.97 Å². The van der Waals surface area contributed by atoms with Crippen LogP contribution < -0.4 is 15.4 Å². The van der Waals surface area contributed by atoms with Crippen LogP contribution in [0.1, 0.15) is 5.56 Å². The summed E-state index contributed by atoms with van der Waals surface area (Å²) in [6.07, 6.45) is -1.05. The minimum Gasteiger partial charge on any atom is -0.439 e. The molecule has 1 heterocycles. The fraction of sp³-hybridized carbons (Fsp3) is 0.105. The van der Waals surface area contributed by atoms with Crippen molar-refractivity contribution < 1.29 is 22.7 Å². The third-order valence-electron chi connectivity index (χ3n) is 3.57. The van der Waals surface area contributed by atoms with Gasteiger partial charge in [-0.1, -0.05) is 17.8 Å². The monoisotopic (exact) mass is 420 g/mol. The highest BCUT2D eigenvalue weighted by Gasteiger charge is 2.30. The number of nitrogens with one attached hydrogen (secondary N) is 2. The zero-order chi connectivity index (χ0) is 20.9. The number of aromatic nitrogens is 2. The van der Waals surface area contributed by atoms with Crippen molar-refractivity contribution in [3.8, 4) is 11.6 Å². The highest BCUT2D eigenvalue weighted by molar-refractivity contribution is 7.98. The number of nitrogens with zero attached hydrogens (tertiary/aromatic N) is 2. The Kier molecular flexibility index (Phi) is 6.23. The molecule has 0 spiro atoms. The molecule has 1 aromatic heterocycles. The molecule has 2 N–H and O–H groups in total. The number of urea groups is 1. The number of halogens is 3. The van der Waals surface area contributed by atoms with Gasteiger partial charge >= 0.3 is 12.2 Å². The molecular weight excluding hydrogens is 405 g/mol. The van der Waals surface area contributed by atoms with Crippen molar-refractivity contribution in [3.63, 3.8) is 0 Å². The van der Waals surface area contributed by atoms with Crippen LogP contribution in [0.15, 0.2) is 66.0 Å². The molecule has 0 saturated carbocycles. The van der Waals surface area contributed by atoms with Crippen LogP contribution in [-0.2, 0) is 6.18 Å². The maximum atomic E-state index is 12.7. The molecule has 0 atom stereocenters. The van der Waals surface area contributed by atoms with E-state index in [0.717, 1.165) is 12.1 Å². The SMILES string of the molecule is CSc1nccc(Oc2ccc(NC(=O)Nc3cccc(C(F)(F)F)c3)cc2)n1. The lowest BCUT2D eigenvalue weighted by Crippen LogP contribution is -2.19. The van der Waals surface area contributed by atoms with Crippen molar-refractivity contribution >= 4 is 29.2 Å². The molecule has 3 aromatic rings. The number of amides is 2. The topological polar surface area (TPSA) is 76.1 Å². The smallest absolute Gasteiger partial charge is 0.416 e. The third kappa shape index (κ3) is 5.85. The second-order valence-electron chi connectivity index (χ2n) is 5.67. The van der Waals surface area contributed by atoms with E-state index < -0.39 is 17.8 Å². The zero-order valence-corrected chi connectivity index (χ0v) is 15.8. The largest absolute Gasteiger partial charge is 0.439 e. The van der Waals surface area contributed by atoms with Gasteiger partial charge in [-0.3, -0.25) is 0 Å². The average Bonchev–Trinajstić information content (AvgIpc) is 2.69. The maximum Gasteiger partial charge on any atom is 0.416 e. The standard InChI is InChI=1S/C19H15F3N4O2S/c1-29-18-23-10-9-16(26-18)28-15-7-5-13(6-8-15)24-17(27)25-14-4-2-3-12(11-14)19(20,21)22/h2-11H,1H3,(H2,24,25,27). The molecule has 10 heteroatoms. The number of rotatable bonds is 5. The lowest BCUT2D eigenvalue weighted by molar-refractivity contribution is -0.137. The number of benzene rings is 2. The summed E-state index contributed by atoms with van der Waals surface area (Å²) in [4.78, 5) is 20.3. The highest BCUT2D eigenvalue weighted by atomic mass is 32.2. The molecule has 6 nitrogen and oxygen atoms in total. The van der Waals surface area contributed by atoms with E-state index in [1.165, 1.54) is 23.9 Å². The Hall–Kier alpha value is -3.27. The van der Waals surface area contributed by atoms with Gasteiger partial charge in [-0.25, -0.2) is 9.78 Å². The highest BCUT2D eigenvalue weighted by Crippen LogP contribution is 2.30. The molecule has 0 aliphatic rings. The molecule has 0 fully saturated rings. The Labute approximate surface area is 168 Å². The first-order chi connectivity index (χ1) is 13.8. The van der Waals surface area contributed by atoms with Gasteiger partial charge in [-0.2, -0.15) is 18.2 Å². The molecule has 3 rings (SSSR count). The lowest BCUT2D eigenvalue weighted by atomic mass is 10.2. The molecule has 0 aliphatic heterocycles. The van der Waals surface area contributed by atoms with Gasteiger partial charge in [0, 0.05) is 23.6 Å². The van der Waals surface area contributed by atoms with Gasteiger partial charge in [0.05, 0.1) is 5.56 Å². The van der Waals surface area contributed by atoms with Gasteiger partial charge in [-0.15, -0.1) is 0 Å². The van der Waals surface area contributed by atoms with E-state index >= 15 is 0 Å². The van der Waals surface area contributed by atoms with Gasteiger partial charge in [-0.05, 0) is 48.7 Å². The summed E-state index contributed by atoms with van der Waals surface area (Å²) < 4.78 is 43.8. The van der Waals surface area contributed by atoms with Crippen LogP contribution in [0, 0.1) is 0 Å². The van der Waals surface area contributed by atoms with Crippen molar-refractivity contribution in [2.75, 3.05) is 16.9 Å². The van der Waals surface area contributed by atoms with Gasteiger partial charge in [0.15, 0.2) is 5.16 Å². The van der Waals surface area contributed by atoms with Crippen LogP contribution in [0.25, 0.3) is 0 Å². The number of thioether (sulfide) groups is 1. The first kappa shape index (κ1) is 20.5. The molecule has 2 aromatic carbocycles. The Morgan fingerprint density at radius 2 is 1.76 bits per heavy atom. The summed E-state index contributed by atoms with van der Waals surface area (Å²) in [7, 11) is 0. The number of anilines is 2. The summed E-state index contributed by atoms with van der Waals surface area (Å²) in [5.41, 5.74) is -0.369. The lowest BCUT2D eigenvalue weighted by Gasteiger charge is -2.11. The number of alkyl halides is 3. The summed E-state index contributed by atoms with van der Waals surface area (Å²) in [6.45, 7) is 0. The molecule has 150 valence electrons. The van der Waals surface area contributed by atoms with Crippen LogP contribution >= 0.6 is 11.8 Å². The van der Waals surface area contributed by atoms with E-state index in [0.29, 0.717) is 22.5 Å². The first-order valence-electron chi connectivity index (χ1n) is 8.24. The summed E-state index contributed by atoms with van der Waals surface area (Å²) >= 11 is 1.39. The molecule has 0 bridgehead atoms. The van der Waals surface area contributed by atoms with E-state index in [-0.39, 0.29) is 5.69 Å². The Bertz CT molecular complexity index is 997. The molecule has 0 unspecified atom stereocenters. The number of carbonyl (C=O) groups excluding carboxylic acids is 1. The zero-order valence-electron chi connectivity index (χ0n) is 15.0. The van der Waals surface area contributed by atoms with Gasteiger partial charge in [0.2, 0.25) is 5.88 Å². The van der Waals surface area contributed by atoms with Crippen LogP contribution in [0.3, 0.4) is 0 Å². The maximum absolute atomic E-state index is 12.7. The number of carbonyl (C=O) groups is 1. The quantitative estimate of drug-likeness (QED) is 0.412. The van der Waals surface area contributed by atoms with Crippen LogP contribution in [0.4, 0.5) is 29.3 Å². The van der Waals surface area contributed by atoms with Gasteiger partial charge in [0.1, 0.15) is 5.75 Å². The van der Waals surface area contributed by atoms with E-state index in [9.17, 15) is 18.0 Å². The van der Waals surface area contributed by atoms with Gasteiger partial charge in [0.25, 0.3) is 0 Å². The molecule has 0 saturated heterocycles. The normalized spacial score (nSPS) is 11.0. The summed E-state index contributed by atoms with van der Waals surface area (Å²) in [5, 5.41) is 5.49. The predicted molar refractivity (Wildman–Crippen MR) is 104 cm³/mol. The third-order valence-corrected chi connectivity index (χ3v) is 4.13. The minimum atomic E-state index is -4.48. The number of hydrogen-bond acceptors (Lipinski definition) is 5. The predicted octanol–water partition coefficient (Wildman–Crippen LogP) is 5.65. The van der Waals surface area contributed by atoms with Crippen molar-refractivity contribution in [2.24, 2.45) is 0 Å². The summed E-state index contributed by atoms with van der Waals surface area (Å²) in [6, 6.07) is 11.8. The molecule has 0 radical (unpaired) electrons.